The molecule has 1 N–H and O–H groups in total. The lowest BCUT2D eigenvalue weighted by Gasteiger charge is -2.30. The van der Waals surface area contributed by atoms with Crippen molar-refractivity contribution in [2.75, 3.05) is 31.9 Å². The molecule has 1 unspecified atom stereocenters. The second kappa shape index (κ2) is 12.3. The Morgan fingerprint density at radius 1 is 1.35 bits per heavy atom. The van der Waals surface area contributed by atoms with Crippen molar-refractivity contribution in [3.05, 3.63) is 0 Å². The topological polar surface area (TPSA) is 89.5 Å². The van der Waals surface area contributed by atoms with Crippen LogP contribution >= 0.6 is 18.4 Å². The summed E-state index contributed by atoms with van der Waals surface area (Å²) in [6.45, 7) is 5.31. The van der Waals surface area contributed by atoms with Gasteiger partial charge < -0.3 is 14.4 Å². The molecule has 1 amide bonds. The molecule has 0 aliphatic carbocycles. The molecular formula is C11H24N3O5PS3. The summed E-state index contributed by atoms with van der Waals surface area (Å²) in [4.78, 5) is 16.1. The number of nitrogens with one attached hydrogen (secondary N) is 1. The lowest BCUT2D eigenvalue weighted by molar-refractivity contribution is 0.152. The molecule has 136 valence electrons. The van der Waals surface area contributed by atoms with E-state index in [1.807, 2.05) is 6.26 Å². The van der Waals surface area contributed by atoms with Gasteiger partial charge in [0.1, 0.15) is 21.9 Å². The van der Waals surface area contributed by atoms with Crippen LogP contribution in [0.1, 0.15) is 27.7 Å². The monoisotopic (exact) mass is 405 g/mol. The zero-order valence-corrected chi connectivity index (χ0v) is 17.3. The summed E-state index contributed by atoms with van der Waals surface area (Å²) in [5, 5.41) is 6.56. The van der Waals surface area contributed by atoms with Crippen LogP contribution < -0.4 is 5.32 Å². The van der Waals surface area contributed by atoms with E-state index in [1.165, 1.54) is 15.8 Å². The molecule has 1 atom stereocenters. The molecule has 0 aromatic rings. The number of amides is 1. The normalized spacial score (nSPS) is 13.9. The molecule has 0 heterocycles. The SMILES string of the molecule is CCOP(=S)(OCC)N(CC)S(=O)CNC(=O)O/N=C(\C)SC. The van der Waals surface area contributed by atoms with E-state index in [4.69, 9.17) is 20.9 Å². The minimum Gasteiger partial charge on any atom is -0.318 e. The molecule has 0 aromatic carbocycles. The largest absolute Gasteiger partial charge is 0.434 e. The average Bonchev–Trinajstić information content (AvgIpc) is 2.51. The zero-order valence-electron chi connectivity index (χ0n) is 13.9. The Kier molecular flexibility index (Phi) is 12.3. The third-order valence-electron chi connectivity index (χ3n) is 2.26. The summed E-state index contributed by atoms with van der Waals surface area (Å²) in [7, 11) is -1.60. The minimum absolute atomic E-state index is 0.168. The maximum absolute atomic E-state index is 12.4. The molecule has 0 bridgehead atoms. The number of carbonyl (C=O) groups is 1. The Morgan fingerprint density at radius 2 is 1.91 bits per heavy atom. The van der Waals surface area contributed by atoms with Crippen molar-refractivity contribution in [3.8, 4) is 0 Å². The number of carbonyl (C=O) groups excluding carboxylic acids is 1. The van der Waals surface area contributed by atoms with E-state index < -0.39 is 23.7 Å². The van der Waals surface area contributed by atoms with E-state index in [2.05, 4.69) is 15.3 Å². The number of nitrogens with zero attached hydrogens (tertiary/aromatic N) is 2. The van der Waals surface area contributed by atoms with Crippen molar-refractivity contribution >= 4 is 52.3 Å². The van der Waals surface area contributed by atoms with Gasteiger partial charge >= 0.3 is 6.09 Å². The molecule has 0 fully saturated rings. The zero-order chi connectivity index (χ0) is 17.9. The van der Waals surface area contributed by atoms with Gasteiger partial charge in [0.05, 0.1) is 13.2 Å². The Balaban J connectivity index is 4.72. The van der Waals surface area contributed by atoms with Crippen LogP contribution in [0.25, 0.3) is 0 Å². The van der Waals surface area contributed by atoms with Gasteiger partial charge in [-0.25, -0.2) is 9.00 Å². The summed E-state index contributed by atoms with van der Waals surface area (Å²) >= 11 is 6.76. The van der Waals surface area contributed by atoms with Crippen LogP contribution in [0.5, 0.6) is 0 Å². The van der Waals surface area contributed by atoms with Crippen LogP contribution in [-0.2, 0) is 36.7 Å². The predicted octanol–water partition coefficient (Wildman–Crippen LogP) is 2.65. The van der Waals surface area contributed by atoms with Crippen molar-refractivity contribution in [1.82, 2.24) is 9.39 Å². The van der Waals surface area contributed by atoms with E-state index >= 15 is 0 Å². The van der Waals surface area contributed by atoms with Crippen LogP contribution in [0.2, 0.25) is 0 Å². The predicted molar refractivity (Wildman–Crippen MR) is 99.2 cm³/mol. The first-order valence-corrected chi connectivity index (χ1v) is 12.0. The molecule has 0 spiro atoms. The molecule has 0 saturated heterocycles. The van der Waals surface area contributed by atoms with E-state index in [1.54, 1.807) is 27.7 Å². The first-order valence-electron chi connectivity index (χ1n) is 6.93. The second-order valence-corrected chi connectivity index (χ2v) is 9.77. The van der Waals surface area contributed by atoms with E-state index in [0.717, 1.165) is 0 Å². The number of hydrogen-bond acceptors (Lipinski definition) is 8. The Morgan fingerprint density at radius 3 is 2.35 bits per heavy atom. The van der Waals surface area contributed by atoms with Gasteiger partial charge in [-0.2, -0.15) is 0 Å². The number of rotatable bonds is 10. The highest BCUT2D eigenvalue weighted by atomic mass is 32.5. The molecule has 8 nitrogen and oxygen atoms in total. The van der Waals surface area contributed by atoms with Crippen LogP contribution in [-0.4, -0.2) is 51.3 Å². The molecule has 23 heavy (non-hydrogen) atoms. The van der Waals surface area contributed by atoms with Gasteiger partial charge in [0.15, 0.2) is 0 Å². The van der Waals surface area contributed by atoms with Crippen LogP contribution in [0.3, 0.4) is 0 Å². The third kappa shape index (κ3) is 8.57. The van der Waals surface area contributed by atoms with Crippen molar-refractivity contribution in [3.63, 3.8) is 0 Å². The number of hydrogen-bond donors (Lipinski definition) is 1. The van der Waals surface area contributed by atoms with Crippen molar-refractivity contribution in [1.29, 1.82) is 0 Å². The fourth-order valence-electron chi connectivity index (χ4n) is 1.29. The fraction of sp³-hybridized carbons (Fsp3) is 0.818. The van der Waals surface area contributed by atoms with E-state index in [0.29, 0.717) is 24.8 Å². The highest BCUT2D eigenvalue weighted by Crippen LogP contribution is 2.52. The molecule has 0 radical (unpaired) electrons. The quantitative estimate of drug-likeness (QED) is 0.196. The van der Waals surface area contributed by atoms with Gasteiger partial charge in [0.25, 0.3) is 6.64 Å². The molecule has 0 aromatic heterocycles. The standard InChI is InChI=1S/C11H24N3O5PS3/c1-6-14(20(21,17-7-2)18-8-3)23(16)9-12-11(15)19-13-10(4)22-5/h6-9H2,1-5H3,(H,12,15)/b13-10+. The van der Waals surface area contributed by atoms with Crippen molar-refractivity contribution < 1.29 is 22.9 Å². The molecular weight excluding hydrogens is 381 g/mol. The lowest BCUT2D eigenvalue weighted by atomic mass is 10.8. The molecule has 12 heteroatoms. The van der Waals surface area contributed by atoms with Gasteiger partial charge in [-0.15, -0.1) is 15.8 Å². The molecule has 0 aliphatic rings. The van der Waals surface area contributed by atoms with Crippen molar-refractivity contribution in [2.45, 2.75) is 27.7 Å². The Bertz CT molecular complexity index is 468. The average molecular weight is 406 g/mol. The first kappa shape index (κ1) is 23.0. The van der Waals surface area contributed by atoms with Crippen molar-refractivity contribution in [2.24, 2.45) is 5.16 Å². The summed E-state index contributed by atoms with van der Waals surface area (Å²) in [6, 6.07) is 0. The second-order valence-electron chi connectivity index (χ2n) is 3.81. The highest BCUT2D eigenvalue weighted by Gasteiger charge is 2.31. The van der Waals surface area contributed by atoms with Crippen LogP contribution in [0.15, 0.2) is 5.16 Å². The summed E-state index contributed by atoms with van der Waals surface area (Å²) < 4.78 is 24.9. The van der Waals surface area contributed by atoms with E-state index in [-0.39, 0.29) is 5.88 Å². The summed E-state index contributed by atoms with van der Waals surface area (Å²) in [5.41, 5.74) is 0. The third-order valence-corrected chi connectivity index (χ3v) is 8.76. The van der Waals surface area contributed by atoms with Crippen LogP contribution in [0, 0.1) is 0 Å². The molecule has 0 rings (SSSR count). The van der Waals surface area contributed by atoms with Gasteiger partial charge in [0, 0.05) is 6.54 Å². The first-order chi connectivity index (χ1) is 10.8. The van der Waals surface area contributed by atoms with Gasteiger partial charge in [-0.3, -0.25) is 4.84 Å². The smallest absolute Gasteiger partial charge is 0.318 e. The maximum Gasteiger partial charge on any atom is 0.434 e. The summed E-state index contributed by atoms with van der Waals surface area (Å²) in [6.07, 6.45) is 1.02. The Hall–Kier alpha value is -0.0300. The minimum atomic E-state index is -2.84. The fourth-order valence-corrected chi connectivity index (χ4v) is 6.41. The van der Waals surface area contributed by atoms with E-state index in [9.17, 15) is 9.00 Å². The maximum atomic E-state index is 12.4. The Labute approximate surface area is 149 Å². The molecule has 0 aliphatic heterocycles. The lowest BCUT2D eigenvalue weighted by Crippen LogP contribution is -2.34. The van der Waals surface area contributed by atoms with Gasteiger partial charge in [-0.1, -0.05) is 12.1 Å². The summed E-state index contributed by atoms with van der Waals surface area (Å²) in [5.74, 6) is -0.168. The van der Waals surface area contributed by atoms with Gasteiger partial charge in [0.2, 0.25) is 0 Å². The highest BCUT2D eigenvalue weighted by molar-refractivity contribution is 8.13. The van der Waals surface area contributed by atoms with Gasteiger partial charge in [-0.05, 0) is 38.8 Å². The number of oxime groups is 1. The molecule has 0 saturated carbocycles. The van der Waals surface area contributed by atoms with Crippen LogP contribution in [0.4, 0.5) is 4.79 Å². The number of thioether (sulfide) groups is 1.